The molecule has 3 rings (SSSR count). The number of methoxy groups -OCH3 is 1. The lowest BCUT2D eigenvalue weighted by molar-refractivity contribution is 0.157. The number of nitrogens with one attached hydrogen (secondary N) is 1. The first-order chi connectivity index (χ1) is 11.1. The van der Waals surface area contributed by atoms with Crippen LogP contribution >= 0.6 is 0 Å². The number of ether oxygens (including phenoxy) is 1. The summed E-state index contributed by atoms with van der Waals surface area (Å²) in [5.41, 5.74) is 2.40. The highest BCUT2D eigenvalue weighted by Gasteiger charge is 2.08. The second-order valence-electron chi connectivity index (χ2n) is 5.57. The summed E-state index contributed by atoms with van der Waals surface area (Å²) >= 11 is 0. The summed E-state index contributed by atoms with van der Waals surface area (Å²) in [6.07, 6.45) is 1.92. The number of hydrogen-bond acceptors (Lipinski definition) is 5. The third-order valence-electron chi connectivity index (χ3n) is 3.80. The fourth-order valence-corrected chi connectivity index (χ4v) is 2.48. The van der Waals surface area contributed by atoms with Crippen LogP contribution in [0.2, 0.25) is 0 Å². The summed E-state index contributed by atoms with van der Waals surface area (Å²) in [5.74, 6) is 0.443. The molecule has 0 radical (unpaired) electrons. The fraction of sp³-hybridized carbons (Fsp3) is 0.375. The average Bonchev–Trinajstić information content (AvgIpc) is 3.11. The van der Waals surface area contributed by atoms with Gasteiger partial charge in [0.05, 0.1) is 18.2 Å². The molecule has 7 heteroatoms. The molecule has 1 atom stereocenters. The van der Waals surface area contributed by atoms with E-state index in [1.54, 1.807) is 14.2 Å². The predicted octanol–water partition coefficient (Wildman–Crippen LogP) is 2.15. The largest absolute Gasteiger partial charge is 0.419 e. The first kappa shape index (κ1) is 15.4. The molecule has 122 valence electrons. The van der Waals surface area contributed by atoms with Crippen molar-refractivity contribution in [3.8, 4) is 0 Å². The third kappa shape index (κ3) is 3.14. The summed E-state index contributed by atoms with van der Waals surface area (Å²) in [6, 6.07) is 7.83. The average molecular weight is 316 g/mol. The van der Waals surface area contributed by atoms with Crippen LogP contribution in [0.3, 0.4) is 0 Å². The molecule has 0 aliphatic carbocycles. The summed E-state index contributed by atoms with van der Waals surface area (Å²) in [4.78, 5) is 11.5. The van der Waals surface area contributed by atoms with E-state index >= 15 is 0 Å². The fourth-order valence-electron chi connectivity index (χ4n) is 2.48. The maximum atomic E-state index is 11.5. The van der Waals surface area contributed by atoms with Gasteiger partial charge in [0.1, 0.15) is 5.82 Å². The Morgan fingerprint density at radius 3 is 3.00 bits per heavy atom. The first-order valence-electron chi connectivity index (χ1n) is 7.45. The molecule has 0 aliphatic heterocycles. The van der Waals surface area contributed by atoms with E-state index in [0.29, 0.717) is 18.7 Å². The van der Waals surface area contributed by atoms with Gasteiger partial charge in [0.15, 0.2) is 5.58 Å². The number of anilines is 1. The number of hydrogen-bond donors (Lipinski definition) is 1. The van der Waals surface area contributed by atoms with E-state index in [2.05, 4.69) is 10.4 Å². The van der Waals surface area contributed by atoms with E-state index in [1.165, 1.54) is 4.57 Å². The number of fused-ring (bicyclic) bond motifs is 1. The van der Waals surface area contributed by atoms with Crippen LogP contribution in [-0.4, -0.2) is 28.1 Å². The molecule has 0 fully saturated rings. The number of oxazole rings is 1. The summed E-state index contributed by atoms with van der Waals surface area (Å²) in [7, 11) is 3.37. The van der Waals surface area contributed by atoms with E-state index in [-0.39, 0.29) is 11.8 Å². The lowest BCUT2D eigenvalue weighted by Crippen LogP contribution is -2.12. The highest BCUT2D eigenvalue weighted by molar-refractivity contribution is 5.73. The van der Waals surface area contributed by atoms with E-state index < -0.39 is 0 Å². The number of aryl methyl sites for hydroxylation is 1. The van der Waals surface area contributed by atoms with E-state index in [4.69, 9.17) is 9.15 Å². The number of aromatic nitrogens is 3. The minimum atomic E-state index is -0.351. The highest BCUT2D eigenvalue weighted by atomic mass is 16.5. The van der Waals surface area contributed by atoms with Crippen LogP contribution in [0, 0.1) is 0 Å². The van der Waals surface area contributed by atoms with Crippen molar-refractivity contribution in [1.82, 2.24) is 14.3 Å². The Hall–Kier alpha value is -2.54. The van der Waals surface area contributed by atoms with Gasteiger partial charge in [-0.2, -0.15) is 5.10 Å². The van der Waals surface area contributed by atoms with Gasteiger partial charge < -0.3 is 14.5 Å². The molecule has 0 amide bonds. The highest BCUT2D eigenvalue weighted by Crippen LogP contribution is 2.16. The van der Waals surface area contributed by atoms with Crippen LogP contribution in [0.25, 0.3) is 11.1 Å². The molecule has 0 aliphatic rings. The monoisotopic (exact) mass is 316 g/mol. The molecular formula is C16H20N4O3. The Kier molecular flexibility index (Phi) is 4.20. The van der Waals surface area contributed by atoms with E-state index in [1.807, 2.05) is 42.1 Å². The van der Waals surface area contributed by atoms with Crippen molar-refractivity contribution in [2.75, 3.05) is 19.0 Å². The lowest BCUT2D eigenvalue weighted by Gasteiger charge is -2.10. The Labute approximate surface area is 133 Å². The second kappa shape index (κ2) is 6.29. The van der Waals surface area contributed by atoms with Gasteiger partial charge >= 0.3 is 5.76 Å². The van der Waals surface area contributed by atoms with Crippen LogP contribution in [0.15, 0.2) is 39.7 Å². The van der Waals surface area contributed by atoms with Gasteiger partial charge in [0.2, 0.25) is 0 Å². The smallest absolute Gasteiger partial charge is 0.408 e. The molecule has 2 aromatic heterocycles. The molecule has 3 aromatic rings. The van der Waals surface area contributed by atoms with Crippen LogP contribution in [0.5, 0.6) is 0 Å². The van der Waals surface area contributed by atoms with Gasteiger partial charge in [-0.25, -0.2) is 4.79 Å². The zero-order valence-electron chi connectivity index (χ0n) is 13.4. The Balaban J connectivity index is 1.70. The number of rotatable bonds is 6. The Bertz CT molecular complexity index is 862. The van der Waals surface area contributed by atoms with Crippen LogP contribution < -0.4 is 11.1 Å². The molecule has 0 saturated carbocycles. The zero-order chi connectivity index (χ0) is 16.4. The lowest BCUT2D eigenvalue weighted by atomic mass is 10.2. The Morgan fingerprint density at radius 1 is 1.39 bits per heavy atom. The van der Waals surface area contributed by atoms with E-state index in [9.17, 15) is 4.79 Å². The topological polar surface area (TPSA) is 74.2 Å². The predicted molar refractivity (Wildman–Crippen MR) is 87.6 cm³/mol. The second-order valence-corrected chi connectivity index (χ2v) is 5.57. The summed E-state index contributed by atoms with van der Waals surface area (Å²) in [6.45, 7) is 3.26. The first-order valence-corrected chi connectivity index (χ1v) is 7.45. The van der Waals surface area contributed by atoms with Crippen molar-refractivity contribution in [3.05, 3.63) is 46.6 Å². The maximum Gasteiger partial charge on any atom is 0.419 e. The number of benzene rings is 1. The van der Waals surface area contributed by atoms with Crippen molar-refractivity contribution in [2.45, 2.75) is 19.5 Å². The number of nitrogens with zero attached hydrogens (tertiary/aromatic N) is 3. The molecule has 0 bridgehead atoms. The van der Waals surface area contributed by atoms with Crippen molar-refractivity contribution < 1.29 is 9.15 Å². The molecule has 23 heavy (non-hydrogen) atoms. The van der Waals surface area contributed by atoms with Crippen molar-refractivity contribution in [1.29, 1.82) is 0 Å². The van der Waals surface area contributed by atoms with Crippen LogP contribution in [-0.2, 0) is 18.3 Å². The molecule has 1 N–H and O–H groups in total. The zero-order valence-corrected chi connectivity index (χ0v) is 13.4. The molecule has 1 unspecified atom stereocenters. The standard InChI is InChI=1S/C16H20N4O3/c1-11(10-22-3)20-7-6-15(18-20)17-9-12-4-5-13-14(8-12)23-16(21)19(13)2/h4-8,11H,9-10H2,1-3H3,(H,17,18). The van der Waals surface area contributed by atoms with Crippen molar-refractivity contribution >= 4 is 16.9 Å². The van der Waals surface area contributed by atoms with Gasteiger partial charge in [-0.05, 0) is 24.6 Å². The third-order valence-corrected chi connectivity index (χ3v) is 3.80. The van der Waals surface area contributed by atoms with Gasteiger partial charge in [-0.3, -0.25) is 9.25 Å². The van der Waals surface area contributed by atoms with Gasteiger partial charge in [0, 0.05) is 33.0 Å². The van der Waals surface area contributed by atoms with Gasteiger partial charge in [0.25, 0.3) is 0 Å². The minimum absolute atomic E-state index is 0.186. The Morgan fingerprint density at radius 2 is 2.22 bits per heavy atom. The minimum Gasteiger partial charge on any atom is -0.408 e. The molecule has 7 nitrogen and oxygen atoms in total. The molecular weight excluding hydrogens is 296 g/mol. The van der Waals surface area contributed by atoms with Crippen molar-refractivity contribution in [2.24, 2.45) is 7.05 Å². The SMILES string of the molecule is COCC(C)n1ccc(NCc2ccc3c(c2)oc(=O)n3C)n1. The van der Waals surface area contributed by atoms with Gasteiger partial charge in [-0.15, -0.1) is 0 Å². The van der Waals surface area contributed by atoms with Crippen molar-refractivity contribution in [3.63, 3.8) is 0 Å². The summed E-state index contributed by atoms with van der Waals surface area (Å²) in [5, 5.41) is 7.74. The van der Waals surface area contributed by atoms with Gasteiger partial charge in [-0.1, -0.05) is 6.07 Å². The molecule has 0 saturated heterocycles. The quantitative estimate of drug-likeness (QED) is 0.754. The van der Waals surface area contributed by atoms with Crippen LogP contribution in [0.1, 0.15) is 18.5 Å². The summed E-state index contributed by atoms with van der Waals surface area (Å²) < 4.78 is 13.7. The molecule has 2 heterocycles. The maximum absolute atomic E-state index is 11.5. The van der Waals surface area contributed by atoms with E-state index in [0.717, 1.165) is 16.9 Å². The molecule has 1 aromatic carbocycles. The normalized spacial score (nSPS) is 12.7. The van der Waals surface area contributed by atoms with Crippen LogP contribution in [0.4, 0.5) is 5.82 Å². The molecule has 0 spiro atoms.